The summed E-state index contributed by atoms with van der Waals surface area (Å²) in [6.07, 6.45) is 7.02. The van der Waals surface area contributed by atoms with Gasteiger partial charge in [0.25, 0.3) is 0 Å². The molecule has 0 bridgehead atoms. The summed E-state index contributed by atoms with van der Waals surface area (Å²) < 4.78 is 36.0. The molecule has 1 saturated carbocycles. The predicted octanol–water partition coefficient (Wildman–Crippen LogP) is 6.52. The number of Topliss-reactive ketones (excluding diaryl/α,β-unsaturated/α-hetero) is 1. The van der Waals surface area contributed by atoms with Gasteiger partial charge in [0.05, 0.1) is 42.0 Å². The number of hydrogen-bond donors (Lipinski definition) is 0. The van der Waals surface area contributed by atoms with Gasteiger partial charge < -0.3 is 28.4 Å². The van der Waals surface area contributed by atoms with Crippen molar-refractivity contribution in [3.05, 3.63) is 27.2 Å². The van der Waals surface area contributed by atoms with Crippen LogP contribution in [0.1, 0.15) is 106 Å². The summed E-state index contributed by atoms with van der Waals surface area (Å²) in [4.78, 5) is 33.9. The van der Waals surface area contributed by atoms with Crippen LogP contribution in [0.25, 0.3) is 0 Å². The molecule has 1 aliphatic heterocycles. The van der Waals surface area contributed by atoms with Crippen LogP contribution in [0.4, 0.5) is 0 Å². The highest BCUT2D eigenvalue weighted by Crippen LogP contribution is 2.62. The van der Waals surface area contributed by atoms with Crippen molar-refractivity contribution < 1.29 is 38.0 Å². The minimum atomic E-state index is -0.637. The number of aryl methyl sites for hydroxylation is 1. The minimum Gasteiger partial charge on any atom is -0.462 e. The number of fused-ring (bicyclic) bond motifs is 8. The van der Waals surface area contributed by atoms with Gasteiger partial charge in [0.1, 0.15) is 12.2 Å². The largest absolute Gasteiger partial charge is 0.462 e. The van der Waals surface area contributed by atoms with Crippen molar-refractivity contribution in [2.24, 2.45) is 23.7 Å². The van der Waals surface area contributed by atoms with Crippen LogP contribution in [-0.4, -0.2) is 81.5 Å². The third-order valence-electron chi connectivity index (χ3n) is 11.1. The van der Waals surface area contributed by atoms with E-state index >= 15 is 0 Å². The van der Waals surface area contributed by atoms with Crippen LogP contribution < -0.4 is 0 Å². The van der Waals surface area contributed by atoms with E-state index in [1.165, 1.54) is 4.88 Å². The Balaban J connectivity index is 1.46. The van der Waals surface area contributed by atoms with Gasteiger partial charge in [-0.25, -0.2) is 4.98 Å². The predicted molar refractivity (Wildman–Crippen MR) is 176 cm³/mol. The molecule has 3 aliphatic carbocycles. The normalized spacial score (nSPS) is 34.1. The summed E-state index contributed by atoms with van der Waals surface area (Å²) in [5, 5.41) is 1.02. The molecule has 10 heteroatoms. The molecule has 46 heavy (non-hydrogen) atoms. The first kappa shape index (κ1) is 35.6. The summed E-state index contributed by atoms with van der Waals surface area (Å²) >= 11 is 1.76. The number of aromatic nitrogens is 1. The number of carbonyl (C=O) groups is 2. The monoisotopic (exact) mass is 661 g/mol. The molecule has 0 aromatic carbocycles. The number of rotatable bonds is 11. The van der Waals surface area contributed by atoms with E-state index in [1.54, 1.807) is 32.7 Å². The molecule has 9 nitrogen and oxygen atoms in total. The van der Waals surface area contributed by atoms with Crippen LogP contribution in [0.5, 0.6) is 0 Å². The molecule has 0 N–H and O–H groups in total. The minimum absolute atomic E-state index is 0.0171. The van der Waals surface area contributed by atoms with Gasteiger partial charge in [-0.2, -0.15) is 0 Å². The van der Waals surface area contributed by atoms with Crippen molar-refractivity contribution >= 4 is 23.1 Å². The number of hydrogen-bond acceptors (Lipinski definition) is 10. The molecule has 12 atom stereocenters. The molecule has 258 valence electrons. The molecule has 1 aromatic rings. The van der Waals surface area contributed by atoms with Gasteiger partial charge in [0.15, 0.2) is 12.1 Å². The van der Waals surface area contributed by atoms with Crippen LogP contribution in [-0.2, 0) is 38.0 Å². The Morgan fingerprint density at radius 3 is 2.50 bits per heavy atom. The first-order chi connectivity index (χ1) is 22.1. The Kier molecular flexibility index (Phi) is 12.1. The summed E-state index contributed by atoms with van der Waals surface area (Å²) in [5.74, 6) is 0.303. The Morgan fingerprint density at radius 2 is 1.80 bits per heavy atom. The quantitative estimate of drug-likeness (QED) is 0.194. The van der Waals surface area contributed by atoms with Crippen LogP contribution in [0.15, 0.2) is 11.6 Å². The van der Waals surface area contributed by atoms with Gasteiger partial charge in [-0.3, -0.25) is 9.59 Å². The zero-order valence-corrected chi connectivity index (χ0v) is 29.8. The van der Waals surface area contributed by atoms with E-state index < -0.39 is 12.4 Å². The van der Waals surface area contributed by atoms with E-state index in [2.05, 4.69) is 26.8 Å². The van der Waals surface area contributed by atoms with Gasteiger partial charge in [-0.15, -0.1) is 11.3 Å². The Labute approximate surface area is 279 Å². The van der Waals surface area contributed by atoms with Crippen molar-refractivity contribution in [1.29, 1.82) is 0 Å². The molecular weight excluding hydrogens is 606 g/mol. The Morgan fingerprint density at radius 1 is 1.04 bits per heavy atom. The number of thiazole rings is 1. The van der Waals surface area contributed by atoms with Crippen molar-refractivity contribution in [3.8, 4) is 0 Å². The molecule has 4 aliphatic rings. The second-order valence-electron chi connectivity index (χ2n) is 14.0. The van der Waals surface area contributed by atoms with Gasteiger partial charge in [-0.1, -0.05) is 26.3 Å². The van der Waals surface area contributed by atoms with Crippen molar-refractivity contribution in [2.45, 2.75) is 135 Å². The van der Waals surface area contributed by atoms with Crippen LogP contribution in [0.2, 0.25) is 0 Å². The van der Waals surface area contributed by atoms with Crippen molar-refractivity contribution in [1.82, 2.24) is 4.98 Å². The lowest BCUT2D eigenvalue weighted by atomic mass is 9.67. The number of ketones is 1. The number of nitrogens with zero attached hydrogens (tertiary/aromatic N) is 1. The fourth-order valence-electron chi connectivity index (χ4n) is 8.32. The summed E-state index contributed by atoms with van der Waals surface area (Å²) in [6.45, 7) is 10.5. The maximum atomic E-state index is 14.1. The molecule has 0 radical (unpaired) electrons. The number of carbonyl (C=O) groups excluding carboxylic acids is 2. The van der Waals surface area contributed by atoms with Gasteiger partial charge in [0.2, 0.25) is 0 Å². The molecule has 2 fully saturated rings. The lowest BCUT2D eigenvalue weighted by Crippen LogP contribution is -2.43. The van der Waals surface area contributed by atoms with Crippen LogP contribution in [0.3, 0.4) is 0 Å². The third-order valence-corrected chi connectivity index (χ3v) is 12.2. The molecule has 1 aromatic heterocycles. The maximum Gasteiger partial charge on any atom is 0.306 e. The van der Waals surface area contributed by atoms with Crippen molar-refractivity contribution in [2.75, 3.05) is 27.9 Å². The summed E-state index contributed by atoms with van der Waals surface area (Å²) in [5.41, 5.74) is 1.89. The van der Waals surface area contributed by atoms with E-state index in [0.717, 1.165) is 61.2 Å². The number of esters is 1. The Bertz CT molecular complexity index is 1230. The molecule has 5 rings (SSSR count). The van der Waals surface area contributed by atoms with Crippen molar-refractivity contribution in [3.63, 3.8) is 0 Å². The summed E-state index contributed by atoms with van der Waals surface area (Å²) in [6, 6.07) is 0. The molecule has 0 amide bonds. The second kappa shape index (κ2) is 15.7. The molecule has 2 heterocycles. The fraction of sp³-hybridized carbons (Fsp3) is 0.806. The lowest BCUT2D eigenvalue weighted by molar-refractivity contribution is -0.255. The topological polar surface area (TPSA) is 102 Å². The van der Waals surface area contributed by atoms with E-state index in [0.29, 0.717) is 6.61 Å². The average molecular weight is 662 g/mol. The smallest absolute Gasteiger partial charge is 0.306 e. The Hall–Kier alpha value is -1.69. The van der Waals surface area contributed by atoms with E-state index in [-0.39, 0.29) is 78.1 Å². The standard InChI is InChI=1S/C36H55NO8S/c1-9-23-13-11-10-12-19(2)34(39)28-16-26-25-14-24(45-36(30(42-8)18-40-6)43-21(4)20(3)41-7)15-29(25)35-33(37-22(5)46-35)32(26)27(28)17-31(38)44-23/h16,19-21,23-27,29-30,32,36H,9-15,17-18H2,1-8H3/t19-,20-,21?,23+,24+,25+,26?,27-,29?,30+,32?,36?/m1/s1. The van der Waals surface area contributed by atoms with Gasteiger partial charge >= 0.3 is 5.97 Å². The third kappa shape index (κ3) is 7.47. The highest BCUT2D eigenvalue weighted by molar-refractivity contribution is 7.11. The molecule has 1 saturated heterocycles. The SMILES string of the molecule is CC[C@H]1CCCC[C@@H](C)C(=O)C2=CC3C(c4nc(C)sc4C4C[C@@H](OC(OC(C)[C@@H](C)OC)[C@H](COC)OC)C[C@H]43)[C@@H]2CC(=O)O1. The first-order valence-corrected chi connectivity index (χ1v) is 18.2. The zero-order valence-electron chi connectivity index (χ0n) is 29.0. The molecule has 5 unspecified atom stereocenters. The molecule has 0 spiro atoms. The zero-order chi connectivity index (χ0) is 33.1. The highest BCUT2D eigenvalue weighted by atomic mass is 32.1. The van der Waals surface area contributed by atoms with Gasteiger partial charge in [-0.05, 0) is 76.7 Å². The first-order valence-electron chi connectivity index (χ1n) is 17.4. The second-order valence-corrected chi connectivity index (χ2v) is 15.2. The highest BCUT2D eigenvalue weighted by Gasteiger charge is 2.56. The number of methoxy groups -OCH3 is 3. The molecular formula is C36H55NO8S. The fourth-order valence-corrected chi connectivity index (χ4v) is 9.49. The maximum absolute atomic E-state index is 14.1. The van der Waals surface area contributed by atoms with Gasteiger partial charge in [0, 0.05) is 49.9 Å². The lowest BCUT2D eigenvalue weighted by Gasteiger charge is -2.37. The summed E-state index contributed by atoms with van der Waals surface area (Å²) in [7, 11) is 4.97. The number of ether oxygens (including phenoxy) is 6. The number of allylic oxidation sites excluding steroid dienone is 2. The van der Waals surface area contributed by atoms with Crippen LogP contribution >= 0.6 is 11.3 Å². The van der Waals surface area contributed by atoms with E-state index in [1.807, 2.05) is 13.8 Å². The van der Waals surface area contributed by atoms with E-state index in [4.69, 9.17) is 33.4 Å². The average Bonchev–Trinajstić information content (AvgIpc) is 3.74. The van der Waals surface area contributed by atoms with E-state index in [9.17, 15) is 9.59 Å². The number of cyclic esters (lactones) is 1. The van der Waals surface area contributed by atoms with Crippen LogP contribution in [0, 0.1) is 30.6 Å².